The molecule has 0 fully saturated rings. The summed E-state index contributed by atoms with van der Waals surface area (Å²) in [5.74, 6) is -1.66. The first kappa shape index (κ1) is 24.4. The molecule has 0 aliphatic rings. The van der Waals surface area contributed by atoms with Gasteiger partial charge in [0, 0.05) is 11.3 Å². The van der Waals surface area contributed by atoms with Crippen LogP contribution in [0.1, 0.15) is 22.8 Å². The lowest BCUT2D eigenvalue weighted by Gasteiger charge is -2.16. The number of hydrogen-bond donors (Lipinski definition) is 2. The maximum absolute atomic E-state index is 13.5. The lowest BCUT2D eigenvalue weighted by Crippen LogP contribution is -2.40. The van der Waals surface area contributed by atoms with Gasteiger partial charge < -0.3 is 29.6 Å². The fraction of sp³-hybridized carbons (Fsp3) is 0.318. The van der Waals surface area contributed by atoms with E-state index in [0.717, 1.165) is 6.07 Å². The lowest BCUT2D eigenvalue weighted by atomic mass is 10.1. The Kier molecular flexibility index (Phi) is 8.39. The molecule has 0 spiro atoms. The summed E-state index contributed by atoms with van der Waals surface area (Å²) in [5, 5.41) is 4.90. The van der Waals surface area contributed by atoms with Crippen LogP contribution in [0.5, 0.6) is 17.2 Å². The molecule has 0 unspecified atom stereocenters. The van der Waals surface area contributed by atoms with Gasteiger partial charge in [0.2, 0.25) is 5.75 Å². The van der Waals surface area contributed by atoms with Crippen molar-refractivity contribution in [2.45, 2.75) is 19.9 Å². The molecule has 0 bridgehead atoms. The summed E-state index contributed by atoms with van der Waals surface area (Å²) in [6.45, 7) is 2.40. The minimum absolute atomic E-state index is 0.165. The molecule has 2 rings (SSSR count). The van der Waals surface area contributed by atoms with Gasteiger partial charge in [0.15, 0.2) is 18.1 Å². The van der Waals surface area contributed by atoms with Gasteiger partial charge in [-0.2, -0.15) is 0 Å². The molecular formula is C22H25FN2O7. The normalized spacial score (nSPS) is 11.2. The zero-order valence-corrected chi connectivity index (χ0v) is 18.4. The third-order valence-corrected chi connectivity index (χ3v) is 4.43. The van der Waals surface area contributed by atoms with Crippen LogP contribution in [0.3, 0.4) is 0 Å². The van der Waals surface area contributed by atoms with E-state index in [2.05, 4.69) is 10.6 Å². The van der Waals surface area contributed by atoms with Gasteiger partial charge in [0.1, 0.15) is 11.9 Å². The van der Waals surface area contributed by atoms with E-state index >= 15 is 0 Å². The molecule has 172 valence electrons. The summed E-state index contributed by atoms with van der Waals surface area (Å²) >= 11 is 0. The molecule has 2 amide bonds. The SMILES string of the molecule is COc1cc(C(=O)N[C@@H](C)C(=O)OCC(=O)Nc2ccc(C)c(F)c2)cc(OC)c1OC. The summed E-state index contributed by atoms with van der Waals surface area (Å²) in [7, 11) is 4.26. The number of carbonyl (C=O) groups is 3. The Labute approximate surface area is 184 Å². The van der Waals surface area contributed by atoms with E-state index in [-0.39, 0.29) is 22.7 Å². The first-order chi connectivity index (χ1) is 15.2. The van der Waals surface area contributed by atoms with Crippen molar-refractivity contribution in [1.82, 2.24) is 5.32 Å². The molecule has 0 aliphatic heterocycles. The average molecular weight is 448 g/mol. The standard InChI is InChI=1S/C22H25FN2O7/c1-12-6-7-15(10-16(12)23)25-19(26)11-32-22(28)13(2)24-21(27)14-8-17(29-3)20(31-5)18(9-14)30-4/h6-10,13H,11H2,1-5H3,(H,24,27)(H,25,26)/t13-/m0/s1. The minimum Gasteiger partial charge on any atom is -0.493 e. The second-order valence-corrected chi connectivity index (χ2v) is 6.73. The summed E-state index contributed by atoms with van der Waals surface area (Å²) < 4.78 is 34.1. The molecule has 0 heterocycles. The van der Waals surface area contributed by atoms with Crippen LogP contribution in [-0.4, -0.2) is 51.8 Å². The maximum Gasteiger partial charge on any atom is 0.328 e. The van der Waals surface area contributed by atoms with Gasteiger partial charge in [-0.05, 0) is 43.7 Å². The van der Waals surface area contributed by atoms with E-state index in [1.807, 2.05) is 0 Å². The van der Waals surface area contributed by atoms with Crippen LogP contribution in [0, 0.1) is 12.7 Å². The first-order valence-corrected chi connectivity index (χ1v) is 9.53. The van der Waals surface area contributed by atoms with Crippen LogP contribution < -0.4 is 24.8 Å². The molecule has 2 N–H and O–H groups in total. The number of methoxy groups -OCH3 is 3. The highest BCUT2D eigenvalue weighted by Crippen LogP contribution is 2.38. The van der Waals surface area contributed by atoms with Gasteiger partial charge >= 0.3 is 5.97 Å². The van der Waals surface area contributed by atoms with E-state index in [1.54, 1.807) is 6.92 Å². The largest absolute Gasteiger partial charge is 0.493 e. The topological polar surface area (TPSA) is 112 Å². The Hall–Kier alpha value is -3.82. The number of benzene rings is 2. The van der Waals surface area contributed by atoms with Gasteiger partial charge in [0.25, 0.3) is 11.8 Å². The lowest BCUT2D eigenvalue weighted by molar-refractivity contribution is -0.148. The number of hydrogen-bond acceptors (Lipinski definition) is 7. The van der Waals surface area contributed by atoms with E-state index in [0.29, 0.717) is 11.3 Å². The number of nitrogens with one attached hydrogen (secondary N) is 2. The number of rotatable bonds is 9. The molecule has 0 aromatic heterocycles. The zero-order valence-electron chi connectivity index (χ0n) is 18.4. The third kappa shape index (κ3) is 6.10. The molecule has 32 heavy (non-hydrogen) atoms. The van der Waals surface area contributed by atoms with Gasteiger partial charge in [0.05, 0.1) is 21.3 Å². The summed E-state index contributed by atoms with van der Waals surface area (Å²) in [4.78, 5) is 36.7. The van der Waals surface area contributed by atoms with Crippen molar-refractivity contribution in [3.8, 4) is 17.2 Å². The van der Waals surface area contributed by atoms with E-state index in [9.17, 15) is 18.8 Å². The number of amides is 2. The number of anilines is 1. The van der Waals surface area contributed by atoms with Crippen molar-refractivity contribution in [2.75, 3.05) is 33.3 Å². The Balaban J connectivity index is 1.94. The summed E-state index contributed by atoms with van der Waals surface area (Å²) in [5.41, 5.74) is 0.835. The van der Waals surface area contributed by atoms with Crippen LogP contribution >= 0.6 is 0 Å². The Morgan fingerprint density at radius 3 is 2.16 bits per heavy atom. The van der Waals surface area contributed by atoms with Gasteiger partial charge in [-0.1, -0.05) is 6.07 Å². The van der Waals surface area contributed by atoms with Crippen LogP contribution in [0.4, 0.5) is 10.1 Å². The summed E-state index contributed by atoms with van der Waals surface area (Å²) in [6, 6.07) is 6.02. The quantitative estimate of drug-likeness (QED) is 0.567. The molecule has 10 heteroatoms. The van der Waals surface area contributed by atoms with Crippen molar-refractivity contribution in [3.05, 3.63) is 47.3 Å². The molecule has 0 saturated carbocycles. The number of carbonyl (C=O) groups excluding carboxylic acids is 3. The van der Waals surface area contributed by atoms with Crippen molar-refractivity contribution < 1.29 is 37.7 Å². The second-order valence-electron chi connectivity index (χ2n) is 6.73. The number of ether oxygens (including phenoxy) is 4. The molecular weight excluding hydrogens is 423 g/mol. The highest BCUT2D eigenvalue weighted by Gasteiger charge is 2.22. The molecule has 2 aromatic rings. The molecule has 2 aromatic carbocycles. The Bertz CT molecular complexity index is 985. The molecule has 1 atom stereocenters. The van der Waals surface area contributed by atoms with Crippen LogP contribution in [-0.2, 0) is 14.3 Å². The minimum atomic E-state index is -1.05. The fourth-order valence-corrected chi connectivity index (χ4v) is 2.68. The molecule has 0 aliphatic carbocycles. The van der Waals surface area contributed by atoms with Crippen molar-refractivity contribution in [2.24, 2.45) is 0 Å². The number of halogens is 1. The van der Waals surface area contributed by atoms with Crippen LogP contribution in [0.25, 0.3) is 0 Å². The van der Waals surface area contributed by atoms with E-state index in [1.165, 1.54) is 52.5 Å². The zero-order chi connectivity index (χ0) is 23.8. The maximum atomic E-state index is 13.5. The number of aryl methyl sites for hydroxylation is 1. The average Bonchev–Trinajstić information content (AvgIpc) is 2.78. The van der Waals surface area contributed by atoms with E-state index < -0.39 is 36.2 Å². The predicted octanol–water partition coefficient (Wildman–Crippen LogP) is 2.46. The Morgan fingerprint density at radius 1 is 1.00 bits per heavy atom. The first-order valence-electron chi connectivity index (χ1n) is 9.53. The highest BCUT2D eigenvalue weighted by atomic mass is 19.1. The monoisotopic (exact) mass is 448 g/mol. The van der Waals surface area contributed by atoms with Gasteiger partial charge in [-0.15, -0.1) is 0 Å². The highest BCUT2D eigenvalue weighted by molar-refractivity contribution is 5.98. The van der Waals surface area contributed by atoms with E-state index in [4.69, 9.17) is 18.9 Å². The van der Waals surface area contributed by atoms with Crippen LogP contribution in [0.15, 0.2) is 30.3 Å². The van der Waals surface area contributed by atoms with Crippen molar-refractivity contribution in [3.63, 3.8) is 0 Å². The van der Waals surface area contributed by atoms with Crippen molar-refractivity contribution >= 4 is 23.5 Å². The number of esters is 1. The van der Waals surface area contributed by atoms with Gasteiger partial charge in [-0.25, -0.2) is 9.18 Å². The third-order valence-electron chi connectivity index (χ3n) is 4.43. The molecule has 9 nitrogen and oxygen atoms in total. The van der Waals surface area contributed by atoms with Crippen molar-refractivity contribution in [1.29, 1.82) is 0 Å². The Morgan fingerprint density at radius 2 is 1.62 bits per heavy atom. The molecule has 0 radical (unpaired) electrons. The molecule has 0 saturated heterocycles. The second kappa shape index (κ2) is 11.0. The smallest absolute Gasteiger partial charge is 0.328 e. The van der Waals surface area contributed by atoms with Gasteiger partial charge in [-0.3, -0.25) is 9.59 Å². The fourth-order valence-electron chi connectivity index (χ4n) is 2.68. The summed E-state index contributed by atoms with van der Waals surface area (Å²) in [6.07, 6.45) is 0. The van der Waals surface area contributed by atoms with Crippen LogP contribution in [0.2, 0.25) is 0 Å². The predicted molar refractivity (Wildman–Crippen MR) is 114 cm³/mol.